The van der Waals surface area contributed by atoms with Crippen molar-refractivity contribution in [1.82, 2.24) is 4.57 Å². The predicted octanol–water partition coefficient (Wildman–Crippen LogP) is 3.00. The Labute approximate surface area is 131 Å². The van der Waals surface area contributed by atoms with Gasteiger partial charge in [-0.25, -0.2) is 0 Å². The first-order valence-electron chi connectivity index (χ1n) is 6.67. The molecule has 0 bridgehead atoms. The van der Waals surface area contributed by atoms with Crippen molar-refractivity contribution in [2.45, 2.75) is 6.61 Å². The number of aryl methyl sites for hydroxylation is 1. The first kappa shape index (κ1) is 14.3. The molecule has 1 amide bonds. The van der Waals surface area contributed by atoms with Crippen LogP contribution in [0.4, 0.5) is 0 Å². The van der Waals surface area contributed by atoms with Crippen LogP contribution in [0.2, 0.25) is 0 Å². The van der Waals surface area contributed by atoms with E-state index in [-0.39, 0.29) is 12.4 Å². The molecule has 2 heterocycles. The lowest BCUT2D eigenvalue weighted by Gasteiger charge is -2.04. The van der Waals surface area contributed by atoms with Crippen molar-refractivity contribution in [3.63, 3.8) is 0 Å². The topological polar surface area (TPSA) is 56.7 Å². The van der Waals surface area contributed by atoms with Crippen molar-refractivity contribution < 1.29 is 13.9 Å². The van der Waals surface area contributed by atoms with Gasteiger partial charge in [0, 0.05) is 24.2 Å². The summed E-state index contributed by atoms with van der Waals surface area (Å²) in [7, 11) is 1.84. The Bertz CT molecular complexity index is 830. The van der Waals surface area contributed by atoms with E-state index in [1.165, 1.54) is 17.6 Å². The standard InChI is InChI=1S/C16H14N2O3S/c1-18-8-10-22-16(18)17-15(19)14-12(7-9-20-14)11-21-13-5-3-2-4-6-13/h2-10H,11H2,1H3. The smallest absolute Gasteiger partial charge is 0.315 e. The molecule has 0 fully saturated rings. The van der Waals surface area contributed by atoms with Crippen LogP contribution in [-0.4, -0.2) is 10.5 Å². The van der Waals surface area contributed by atoms with Crippen LogP contribution < -0.4 is 9.54 Å². The van der Waals surface area contributed by atoms with Crippen LogP contribution in [0.25, 0.3) is 0 Å². The van der Waals surface area contributed by atoms with Gasteiger partial charge in [-0.05, 0) is 18.2 Å². The quantitative estimate of drug-likeness (QED) is 0.744. The predicted molar refractivity (Wildman–Crippen MR) is 82.7 cm³/mol. The van der Waals surface area contributed by atoms with E-state index in [0.29, 0.717) is 10.4 Å². The summed E-state index contributed by atoms with van der Waals surface area (Å²) >= 11 is 1.39. The second-order valence-electron chi connectivity index (χ2n) is 4.59. The molecule has 0 saturated heterocycles. The molecular formula is C16H14N2O3S. The zero-order valence-corrected chi connectivity index (χ0v) is 12.7. The van der Waals surface area contributed by atoms with Crippen LogP contribution in [-0.2, 0) is 13.7 Å². The first-order chi connectivity index (χ1) is 10.7. The number of amides is 1. The van der Waals surface area contributed by atoms with Gasteiger partial charge in [-0.2, -0.15) is 4.99 Å². The van der Waals surface area contributed by atoms with Crippen molar-refractivity contribution in [1.29, 1.82) is 0 Å². The molecule has 3 aromatic rings. The van der Waals surface area contributed by atoms with E-state index < -0.39 is 5.91 Å². The highest BCUT2D eigenvalue weighted by Gasteiger charge is 2.15. The molecule has 0 aliphatic rings. The number of furan rings is 1. The Morgan fingerprint density at radius 3 is 2.86 bits per heavy atom. The lowest BCUT2D eigenvalue weighted by atomic mass is 10.2. The van der Waals surface area contributed by atoms with Crippen LogP contribution in [0, 0.1) is 0 Å². The molecule has 112 valence electrons. The van der Waals surface area contributed by atoms with Crippen molar-refractivity contribution in [2.75, 3.05) is 0 Å². The highest BCUT2D eigenvalue weighted by atomic mass is 32.1. The van der Waals surface area contributed by atoms with Gasteiger partial charge in [-0.1, -0.05) is 18.2 Å². The third-order valence-corrected chi connectivity index (χ3v) is 3.88. The zero-order chi connectivity index (χ0) is 15.4. The molecule has 0 radical (unpaired) electrons. The fourth-order valence-electron chi connectivity index (χ4n) is 1.89. The summed E-state index contributed by atoms with van der Waals surface area (Å²) in [4.78, 5) is 16.9. The molecule has 0 saturated carbocycles. The first-order valence-corrected chi connectivity index (χ1v) is 7.55. The van der Waals surface area contributed by atoms with Crippen molar-refractivity contribution in [2.24, 2.45) is 12.0 Å². The van der Waals surface area contributed by atoms with Crippen LogP contribution >= 0.6 is 11.3 Å². The number of hydrogen-bond donors (Lipinski definition) is 0. The normalized spacial score (nSPS) is 11.6. The van der Waals surface area contributed by atoms with Gasteiger partial charge >= 0.3 is 5.91 Å². The second-order valence-corrected chi connectivity index (χ2v) is 5.46. The third-order valence-electron chi connectivity index (χ3n) is 3.04. The average molecular weight is 314 g/mol. The maximum Gasteiger partial charge on any atom is 0.315 e. The van der Waals surface area contributed by atoms with Gasteiger partial charge < -0.3 is 13.7 Å². The summed E-state index contributed by atoms with van der Waals surface area (Å²) in [6.45, 7) is 0.258. The van der Waals surface area contributed by atoms with E-state index in [1.807, 2.05) is 49.0 Å². The number of nitrogens with zero attached hydrogens (tertiary/aromatic N) is 2. The Kier molecular flexibility index (Phi) is 4.20. The molecule has 0 aliphatic heterocycles. The number of para-hydroxylation sites is 1. The summed E-state index contributed by atoms with van der Waals surface area (Å²) in [6, 6.07) is 11.1. The van der Waals surface area contributed by atoms with Crippen LogP contribution in [0.3, 0.4) is 0 Å². The summed E-state index contributed by atoms with van der Waals surface area (Å²) in [6.07, 6.45) is 3.32. The van der Waals surface area contributed by atoms with E-state index >= 15 is 0 Å². The Balaban J connectivity index is 1.78. The molecule has 0 unspecified atom stereocenters. The molecule has 6 heteroatoms. The maximum absolute atomic E-state index is 12.2. The molecule has 1 aromatic carbocycles. The lowest BCUT2D eigenvalue weighted by molar-refractivity contribution is 0.0968. The summed E-state index contributed by atoms with van der Waals surface area (Å²) < 4.78 is 12.7. The number of benzene rings is 1. The number of hydrogen-bond acceptors (Lipinski definition) is 4. The third kappa shape index (κ3) is 3.17. The fourth-order valence-corrected chi connectivity index (χ4v) is 2.62. The van der Waals surface area contributed by atoms with Gasteiger partial charge in [0.15, 0.2) is 10.6 Å². The molecule has 0 atom stereocenters. The van der Waals surface area contributed by atoms with Crippen molar-refractivity contribution in [3.05, 3.63) is 70.4 Å². The van der Waals surface area contributed by atoms with E-state index in [9.17, 15) is 4.79 Å². The number of ether oxygens (including phenoxy) is 1. The van der Waals surface area contributed by atoms with Gasteiger partial charge in [0.25, 0.3) is 0 Å². The largest absolute Gasteiger partial charge is 0.489 e. The number of aromatic nitrogens is 1. The van der Waals surface area contributed by atoms with E-state index in [1.54, 1.807) is 10.6 Å². The minimum Gasteiger partial charge on any atom is -0.489 e. The van der Waals surface area contributed by atoms with Gasteiger partial charge in [-0.15, -0.1) is 11.3 Å². The number of thiazole rings is 1. The van der Waals surface area contributed by atoms with Crippen LogP contribution in [0.1, 0.15) is 16.1 Å². The summed E-state index contributed by atoms with van der Waals surface area (Å²) in [5.74, 6) is 0.544. The van der Waals surface area contributed by atoms with E-state index in [4.69, 9.17) is 9.15 Å². The van der Waals surface area contributed by atoms with Gasteiger partial charge in [0.2, 0.25) is 0 Å². The molecule has 2 aromatic heterocycles. The highest BCUT2D eigenvalue weighted by Crippen LogP contribution is 2.16. The summed E-state index contributed by atoms with van der Waals surface area (Å²) in [5, 5.41) is 1.87. The average Bonchev–Trinajstić information content (AvgIpc) is 3.16. The highest BCUT2D eigenvalue weighted by molar-refractivity contribution is 7.07. The molecule has 0 N–H and O–H groups in total. The SMILES string of the molecule is Cn1ccsc1=NC(=O)c1occc1COc1ccccc1. The van der Waals surface area contributed by atoms with Crippen molar-refractivity contribution >= 4 is 17.2 Å². The fraction of sp³-hybridized carbons (Fsp3) is 0.125. The molecular weight excluding hydrogens is 300 g/mol. The Morgan fingerprint density at radius 2 is 2.14 bits per heavy atom. The molecule has 0 spiro atoms. The minimum absolute atomic E-state index is 0.212. The zero-order valence-electron chi connectivity index (χ0n) is 11.9. The number of carbonyl (C=O) groups is 1. The van der Waals surface area contributed by atoms with Crippen molar-refractivity contribution in [3.8, 4) is 5.75 Å². The minimum atomic E-state index is -0.408. The van der Waals surface area contributed by atoms with E-state index in [0.717, 1.165) is 5.75 Å². The van der Waals surface area contributed by atoms with Gasteiger partial charge in [-0.3, -0.25) is 4.79 Å². The lowest BCUT2D eigenvalue weighted by Crippen LogP contribution is -2.13. The Morgan fingerprint density at radius 1 is 1.32 bits per heavy atom. The van der Waals surface area contributed by atoms with E-state index in [2.05, 4.69) is 4.99 Å². The number of rotatable bonds is 4. The van der Waals surface area contributed by atoms with Crippen LogP contribution in [0.15, 0.2) is 63.6 Å². The number of carbonyl (C=O) groups excluding carboxylic acids is 1. The molecule has 3 rings (SSSR count). The van der Waals surface area contributed by atoms with Gasteiger partial charge in [0.1, 0.15) is 12.4 Å². The Hall–Kier alpha value is -2.60. The van der Waals surface area contributed by atoms with Crippen LogP contribution in [0.5, 0.6) is 5.75 Å². The molecule has 0 aliphatic carbocycles. The maximum atomic E-state index is 12.2. The monoisotopic (exact) mass is 314 g/mol. The molecule has 22 heavy (non-hydrogen) atoms. The second kappa shape index (κ2) is 6.44. The summed E-state index contributed by atoms with van der Waals surface area (Å²) in [5.41, 5.74) is 0.678. The molecule has 5 nitrogen and oxygen atoms in total. The van der Waals surface area contributed by atoms with Gasteiger partial charge in [0.05, 0.1) is 6.26 Å².